The molecule has 6 heteroatoms. The third-order valence-electron chi connectivity index (χ3n) is 6.61. The van der Waals surface area contributed by atoms with Crippen LogP contribution in [0.25, 0.3) is 10.8 Å². The van der Waals surface area contributed by atoms with Gasteiger partial charge in [-0.15, -0.1) is 0 Å². The zero-order valence-corrected chi connectivity index (χ0v) is 20.7. The van der Waals surface area contributed by atoms with Gasteiger partial charge in [0.05, 0.1) is 10.6 Å². The fraction of sp³-hybridized carbons (Fsp3) is 0.333. The van der Waals surface area contributed by atoms with Gasteiger partial charge in [0.15, 0.2) is 5.75 Å². The van der Waals surface area contributed by atoms with Crippen LogP contribution < -0.4 is 9.64 Å². The fourth-order valence-electron chi connectivity index (χ4n) is 4.94. The summed E-state index contributed by atoms with van der Waals surface area (Å²) in [6, 6.07) is 12.8. The van der Waals surface area contributed by atoms with E-state index in [0.29, 0.717) is 4.32 Å². The molecule has 0 aromatic heterocycles. The van der Waals surface area contributed by atoms with Crippen molar-refractivity contribution in [3.05, 3.63) is 71.0 Å². The van der Waals surface area contributed by atoms with Crippen LogP contribution in [0.15, 0.2) is 71.0 Å². The number of amides is 1. The van der Waals surface area contributed by atoms with Crippen LogP contribution in [0.1, 0.15) is 46.0 Å². The van der Waals surface area contributed by atoms with Crippen LogP contribution >= 0.6 is 24.0 Å². The van der Waals surface area contributed by atoms with Crippen molar-refractivity contribution in [1.29, 1.82) is 0 Å². The van der Waals surface area contributed by atoms with E-state index in [1.807, 2.05) is 36.1 Å². The van der Waals surface area contributed by atoms with Gasteiger partial charge in [-0.05, 0) is 49.8 Å². The van der Waals surface area contributed by atoms with E-state index in [1.165, 1.54) is 41.8 Å². The number of fused-ring (bicyclic) bond motifs is 3. The number of nitrogens with zero attached hydrogens (tertiary/aromatic N) is 2. The van der Waals surface area contributed by atoms with Gasteiger partial charge in [-0.2, -0.15) is 0 Å². The van der Waals surface area contributed by atoms with Gasteiger partial charge in [0.2, 0.25) is 5.88 Å². The summed E-state index contributed by atoms with van der Waals surface area (Å²) in [5.41, 5.74) is 2.05. The van der Waals surface area contributed by atoms with E-state index in [-0.39, 0.29) is 11.9 Å². The van der Waals surface area contributed by atoms with Crippen molar-refractivity contribution in [3.8, 4) is 5.75 Å². The van der Waals surface area contributed by atoms with Gasteiger partial charge in [0.25, 0.3) is 5.91 Å². The number of anilines is 1. The van der Waals surface area contributed by atoms with Crippen LogP contribution in [-0.4, -0.2) is 27.7 Å². The van der Waals surface area contributed by atoms with Crippen LogP contribution in [0.4, 0.5) is 5.69 Å². The van der Waals surface area contributed by atoms with Crippen LogP contribution in [0.2, 0.25) is 0 Å². The number of hydrogen-bond acceptors (Lipinski definition) is 5. The van der Waals surface area contributed by atoms with E-state index in [2.05, 4.69) is 42.2 Å². The minimum Gasteiger partial charge on any atom is -0.439 e. The molecule has 1 saturated heterocycles. The smallest absolute Gasteiger partial charge is 0.266 e. The maximum Gasteiger partial charge on any atom is 0.266 e. The second-order valence-corrected chi connectivity index (χ2v) is 10.3. The molecule has 4 nitrogen and oxygen atoms in total. The SMILES string of the molecule is CCN1C(=CC=CC(C)=C2SC(=S)N(C3CCCCC3)C2=O)Oc2ccc3ccccc3c21. The standard InChI is InChI=1S/C27H28N2O2S2/c1-3-28-23(31-22-17-16-19-11-7-8-14-21(19)24(22)28)15-9-10-18(2)25-26(30)29(27(32)33-25)20-12-5-4-6-13-20/h7-11,14-17,20H,3-6,12-13H2,1-2H3. The van der Waals surface area contributed by atoms with E-state index in [4.69, 9.17) is 17.0 Å². The summed E-state index contributed by atoms with van der Waals surface area (Å²) in [5, 5.41) is 2.39. The topological polar surface area (TPSA) is 32.8 Å². The van der Waals surface area contributed by atoms with Crippen molar-refractivity contribution in [2.24, 2.45) is 0 Å². The Bertz CT molecular complexity index is 1210. The third kappa shape index (κ3) is 4.11. The van der Waals surface area contributed by atoms with Gasteiger partial charge in [-0.3, -0.25) is 9.69 Å². The number of allylic oxidation sites excluding steroid dienone is 4. The average molecular weight is 477 g/mol. The van der Waals surface area contributed by atoms with Gasteiger partial charge in [0.1, 0.15) is 4.32 Å². The maximum atomic E-state index is 13.1. The third-order valence-corrected chi connectivity index (χ3v) is 8.13. The molecule has 2 aromatic carbocycles. The number of benzene rings is 2. The Morgan fingerprint density at radius 1 is 1.18 bits per heavy atom. The molecule has 0 radical (unpaired) electrons. The van der Waals surface area contributed by atoms with Gasteiger partial charge >= 0.3 is 0 Å². The van der Waals surface area contributed by atoms with Gasteiger partial charge in [0, 0.05) is 18.0 Å². The molecule has 5 rings (SSSR count). The summed E-state index contributed by atoms with van der Waals surface area (Å²) < 4.78 is 6.88. The van der Waals surface area contributed by atoms with Crippen molar-refractivity contribution in [2.45, 2.75) is 52.0 Å². The van der Waals surface area contributed by atoms with Gasteiger partial charge < -0.3 is 9.64 Å². The molecule has 33 heavy (non-hydrogen) atoms. The highest BCUT2D eigenvalue weighted by Crippen LogP contribution is 2.44. The highest BCUT2D eigenvalue weighted by atomic mass is 32.2. The second-order valence-electron chi connectivity index (χ2n) is 8.69. The maximum absolute atomic E-state index is 13.1. The normalized spacial score (nSPS) is 22.1. The number of thiocarbonyl (C=S) groups is 1. The van der Waals surface area contributed by atoms with Crippen molar-refractivity contribution in [3.63, 3.8) is 0 Å². The molecule has 2 aliphatic heterocycles. The summed E-state index contributed by atoms with van der Waals surface area (Å²) in [6.45, 7) is 4.91. The van der Waals surface area contributed by atoms with Gasteiger partial charge in [-0.25, -0.2) is 0 Å². The van der Waals surface area contributed by atoms with Crippen molar-refractivity contribution < 1.29 is 9.53 Å². The largest absolute Gasteiger partial charge is 0.439 e. The summed E-state index contributed by atoms with van der Waals surface area (Å²) >= 11 is 7.01. The minimum absolute atomic E-state index is 0.0675. The summed E-state index contributed by atoms with van der Waals surface area (Å²) in [5.74, 6) is 1.74. The lowest BCUT2D eigenvalue weighted by Gasteiger charge is -2.29. The molecular formula is C27H28N2O2S2. The zero-order chi connectivity index (χ0) is 22.9. The molecule has 1 saturated carbocycles. The molecule has 0 unspecified atom stereocenters. The van der Waals surface area contributed by atoms with Gasteiger partial charge in [-0.1, -0.05) is 85.7 Å². The lowest BCUT2D eigenvalue weighted by molar-refractivity contribution is -0.124. The molecular weight excluding hydrogens is 448 g/mol. The highest BCUT2D eigenvalue weighted by molar-refractivity contribution is 8.26. The molecule has 1 amide bonds. The first-order chi connectivity index (χ1) is 16.1. The molecule has 0 spiro atoms. The monoisotopic (exact) mass is 476 g/mol. The minimum atomic E-state index is 0.0675. The van der Waals surface area contributed by atoms with Crippen molar-refractivity contribution >= 4 is 50.7 Å². The van der Waals surface area contributed by atoms with Crippen LogP contribution in [0, 0.1) is 0 Å². The number of rotatable bonds is 4. The van der Waals surface area contributed by atoms with Crippen LogP contribution in [0.5, 0.6) is 5.75 Å². The number of carbonyl (C=O) groups excluding carboxylic acids is 1. The van der Waals surface area contributed by atoms with Crippen LogP contribution in [0.3, 0.4) is 0 Å². The lowest BCUT2D eigenvalue weighted by Crippen LogP contribution is -2.39. The Hall–Kier alpha value is -2.57. The summed E-state index contributed by atoms with van der Waals surface area (Å²) in [4.78, 5) is 17.9. The number of thioether (sulfide) groups is 1. The zero-order valence-electron chi connectivity index (χ0n) is 19.0. The molecule has 0 bridgehead atoms. The molecule has 170 valence electrons. The number of carbonyl (C=O) groups is 1. The molecule has 2 fully saturated rings. The average Bonchev–Trinajstić information content (AvgIpc) is 3.35. The van der Waals surface area contributed by atoms with E-state index in [9.17, 15) is 4.79 Å². The Balaban J connectivity index is 1.37. The molecule has 0 atom stereocenters. The van der Waals surface area contributed by atoms with Crippen molar-refractivity contribution in [1.82, 2.24) is 4.90 Å². The van der Waals surface area contributed by atoms with E-state index < -0.39 is 0 Å². The van der Waals surface area contributed by atoms with E-state index in [1.54, 1.807) is 0 Å². The predicted molar refractivity (Wildman–Crippen MR) is 141 cm³/mol. The lowest BCUT2D eigenvalue weighted by atomic mass is 9.94. The fourth-order valence-corrected chi connectivity index (χ4v) is 6.34. The molecule has 0 N–H and O–H groups in total. The summed E-state index contributed by atoms with van der Waals surface area (Å²) in [6.07, 6.45) is 11.7. The predicted octanol–water partition coefficient (Wildman–Crippen LogP) is 6.92. The Morgan fingerprint density at radius 3 is 2.76 bits per heavy atom. The van der Waals surface area contributed by atoms with E-state index >= 15 is 0 Å². The first-order valence-electron chi connectivity index (χ1n) is 11.7. The highest BCUT2D eigenvalue weighted by Gasteiger charge is 2.38. The number of ether oxygens (including phenoxy) is 1. The molecule has 2 heterocycles. The summed E-state index contributed by atoms with van der Waals surface area (Å²) in [7, 11) is 0. The Morgan fingerprint density at radius 2 is 1.97 bits per heavy atom. The molecule has 1 aliphatic carbocycles. The Labute approximate surface area is 205 Å². The first kappa shape index (κ1) is 22.2. The Kier molecular flexibility index (Phi) is 6.30. The van der Waals surface area contributed by atoms with E-state index in [0.717, 1.165) is 47.2 Å². The second kappa shape index (κ2) is 9.35. The molecule has 2 aromatic rings. The first-order valence-corrected chi connectivity index (χ1v) is 12.9. The van der Waals surface area contributed by atoms with Crippen molar-refractivity contribution in [2.75, 3.05) is 11.4 Å². The van der Waals surface area contributed by atoms with Crippen LogP contribution in [-0.2, 0) is 4.79 Å². The molecule has 3 aliphatic rings. The quantitative estimate of drug-likeness (QED) is 0.353. The number of hydrogen-bond donors (Lipinski definition) is 0.